The van der Waals surface area contributed by atoms with Crippen LogP contribution in [0, 0.1) is 3.57 Å². The number of hydrogen-bond acceptors (Lipinski definition) is 1. The molecule has 98 valence electrons. The highest BCUT2D eigenvalue weighted by atomic mass is 127. The lowest BCUT2D eigenvalue weighted by atomic mass is 9.89. The van der Waals surface area contributed by atoms with Gasteiger partial charge in [0.25, 0.3) is 0 Å². The maximum Gasteiger partial charge on any atom is 0.0149 e. The predicted molar refractivity (Wildman–Crippen MR) is 88.3 cm³/mol. The first-order valence-corrected chi connectivity index (χ1v) is 7.90. The molecular weight excluding hydrogens is 345 g/mol. The molecular formula is C17H18IN. The van der Waals surface area contributed by atoms with Crippen molar-refractivity contribution in [3.63, 3.8) is 0 Å². The van der Waals surface area contributed by atoms with Crippen molar-refractivity contribution < 1.29 is 0 Å². The molecule has 1 aliphatic carbocycles. The molecule has 2 aromatic carbocycles. The fourth-order valence-corrected chi connectivity index (χ4v) is 3.43. The lowest BCUT2D eigenvalue weighted by Crippen LogP contribution is -2.29. The summed E-state index contributed by atoms with van der Waals surface area (Å²) in [6.45, 7) is 0. The van der Waals surface area contributed by atoms with Crippen LogP contribution in [0.15, 0.2) is 48.5 Å². The van der Waals surface area contributed by atoms with Crippen molar-refractivity contribution in [3.05, 3.63) is 68.8 Å². The highest BCUT2D eigenvalue weighted by Gasteiger charge is 2.27. The maximum atomic E-state index is 6.46. The molecule has 0 radical (unpaired) electrons. The summed E-state index contributed by atoms with van der Waals surface area (Å²) < 4.78 is 1.28. The topological polar surface area (TPSA) is 26.0 Å². The Hall–Kier alpha value is -0.870. The van der Waals surface area contributed by atoms with Crippen LogP contribution in [0.25, 0.3) is 0 Å². The maximum absolute atomic E-state index is 6.46. The van der Waals surface area contributed by atoms with Crippen LogP contribution in [-0.2, 0) is 12.8 Å². The van der Waals surface area contributed by atoms with Gasteiger partial charge in [0.2, 0.25) is 0 Å². The number of benzene rings is 2. The lowest BCUT2D eigenvalue weighted by Gasteiger charge is -2.20. The molecule has 2 heteroatoms. The summed E-state index contributed by atoms with van der Waals surface area (Å²) in [4.78, 5) is 0. The average molecular weight is 363 g/mol. The standard InChI is InChI=1S/C17H18IN/c18-14-8-5-12(6-9-14)11-17(19)16-10-7-13-3-1-2-4-15(13)16/h1-6,8-9,16-17H,7,10-11,19H2. The Morgan fingerprint density at radius 3 is 2.63 bits per heavy atom. The van der Waals surface area contributed by atoms with Gasteiger partial charge in [0, 0.05) is 9.61 Å². The van der Waals surface area contributed by atoms with Crippen molar-refractivity contribution in [1.29, 1.82) is 0 Å². The minimum Gasteiger partial charge on any atom is -0.327 e. The SMILES string of the molecule is NC(Cc1ccc(I)cc1)C1CCc2ccccc21. The molecule has 2 aromatic rings. The molecule has 2 N–H and O–H groups in total. The van der Waals surface area contributed by atoms with E-state index >= 15 is 0 Å². The molecule has 1 aliphatic rings. The number of hydrogen-bond donors (Lipinski definition) is 1. The number of nitrogens with two attached hydrogens (primary N) is 1. The Morgan fingerprint density at radius 1 is 1.11 bits per heavy atom. The van der Waals surface area contributed by atoms with Crippen LogP contribution < -0.4 is 5.73 Å². The highest BCUT2D eigenvalue weighted by molar-refractivity contribution is 14.1. The van der Waals surface area contributed by atoms with Crippen molar-refractivity contribution in [2.45, 2.75) is 31.2 Å². The van der Waals surface area contributed by atoms with Crippen molar-refractivity contribution >= 4 is 22.6 Å². The van der Waals surface area contributed by atoms with Gasteiger partial charge in [-0.25, -0.2) is 0 Å². The molecule has 0 aliphatic heterocycles. The van der Waals surface area contributed by atoms with E-state index in [-0.39, 0.29) is 6.04 Å². The van der Waals surface area contributed by atoms with E-state index in [0.717, 1.165) is 6.42 Å². The van der Waals surface area contributed by atoms with Gasteiger partial charge < -0.3 is 5.73 Å². The van der Waals surface area contributed by atoms with Crippen molar-refractivity contribution in [1.82, 2.24) is 0 Å². The van der Waals surface area contributed by atoms with Gasteiger partial charge >= 0.3 is 0 Å². The van der Waals surface area contributed by atoms with Crippen LogP contribution in [0.3, 0.4) is 0 Å². The molecule has 0 saturated carbocycles. The minimum absolute atomic E-state index is 0.226. The van der Waals surface area contributed by atoms with Crippen LogP contribution in [0.1, 0.15) is 29.0 Å². The van der Waals surface area contributed by atoms with E-state index in [1.807, 2.05) is 0 Å². The Kier molecular flexibility index (Phi) is 3.89. The first kappa shape index (κ1) is 13.1. The zero-order chi connectivity index (χ0) is 13.2. The number of halogens is 1. The quantitative estimate of drug-likeness (QED) is 0.823. The molecule has 0 spiro atoms. The largest absolute Gasteiger partial charge is 0.327 e. The Morgan fingerprint density at radius 2 is 1.84 bits per heavy atom. The molecule has 0 heterocycles. The first-order valence-electron chi connectivity index (χ1n) is 6.82. The Labute approximate surface area is 128 Å². The molecule has 0 bridgehead atoms. The predicted octanol–water partition coefficient (Wildman–Crippen LogP) is 3.89. The first-order chi connectivity index (χ1) is 9.24. The third-order valence-corrected chi connectivity index (χ3v) is 4.80. The van der Waals surface area contributed by atoms with Gasteiger partial charge in [-0.05, 0) is 76.6 Å². The molecule has 2 unspecified atom stereocenters. The summed E-state index contributed by atoms with van der Waals surface area (Å²) in [5, 5.41) is 0. The fourth-order valence-electron chi connectivity index (χ4n) is 3.07. The molecule has 3 rings (SSSR count). The van der Waals surface area contributed by atoms with Gasteiger partial charge in [-0.1, -0.05) is 36.4 Å². The van der Waals surface area contributed by atoms with Gasteiger partial charge in [-0.3, -0.25) is 0 Å². The van der Waals surface area contributed by atoms with Crippen LogP contribution in [-0.4, -0.2) is 6.04 Å². The lowest BCUT2D eigenvalue weighted by molar-refractivity contribution is 0.525. The molecule has 0 fully saturated rings. The molecule has 19 heavy (non-hydrogen) atoms. The highest BCUT2D eigenvalue weighted by Crippen LogP contribution is 2.35. The van der Waals surface area contributed by atoms with E-state index in [1.165, 1.54) is 33.1 Å². The second-order valence-corrected chi connectivity index (χ2v) is 6.58. The number of fused-ring (bicyclic) bond motifs is 1. The summed E-state index contributed by atoms with van der Waals surface area (Å²) in [5.41, 5.74) is 10.8. The van der Waals surface area contributed by atoms with Gasteiger partial charge in [0.05, 0.1) is 0 Å². The van der Waals surface area contributed by atoms with E-state index in [4.69, 9.17) is 5.73 Å². The van der Waals surface area contributed by atoms with E-state index < -0.39 is 0 Å². The molecule has 0 aromatic heterocycles. The monoisotopic (exact) mass is 363 g/mol. The van der Waals surface area contributed by atoms with E-state index in [2.05, 4.69) is 71.1 Å². The second-order valence-electron chi connectivity index (χ2n) is 5.34. The molecule has 0 amide bonds. The number of rotatable bonds is 3. The summed E-state index contributed by atoms with van der Waals surface area (Å²) >= 11 is 2.34. The molecule has 0 saturated heterocycles. The third kappa shape index (κ3) is 2.84. The summed E-state index contributed by atoms with van der Waals surface area (Å²) in [6.07, 6.45) is 3.35. The van der Waals surface area contributed by atoms with Crippen LogP contribution in [0.5, 0.6) is 0 Å². The van der Waals surface area contributed by atoms with Crippen LogP contribution in [0.2, 0.25) is 0 Å². The Balaban J connectivity index is 1.75. The molecule has 1 nitrogen and oxygen atoms in total. The van der Waals surface area contributed by atoms with Gasteiger partial charge in [-0.15, -0.1) is 0 Å². The average Bonchev–Trinajstić information content (AvgIpc) is 2.85. The van der Waals surface area contributed by atoms with Crippen molar-refractivity contribution in [2.75, 3.05) is 0 Å². The van der Waals surface area contributed by atoms with Gasteiger partial charge in [0.1, 0.15) is 0 Å². The summed E-state index contributed by atoms with van der Waals surface area (Å²) in [5.74, 6) is 0.524. The normalized spacial score (nSPS) is 19.2. The van der Waals surface area contributed by atoms with Gasteiger partial charge in [-0.2, -0.15) is 0 Å². The van der Waals surface area contributed by atoms with Crippen molar-refractivity contribution in [3.8, 4) is 0 Å². The van der Waals surface area contributed by atoms with E-state index in [9.17, 15) is 0 Å². The fraction of sp³-hybridized carbons (Fsp3) is 0.294. The second kappa shape index (κ2) is 5.63. The third-order valence-electron chi connectivity index (χ3n) is 4.08. The number of aryl methyl sites for hydroxylation is 1. The smallest absolute Gasteiger partial charge is 0.0149 e. The molecule has 2 atom stereocenters. The van der Waals surface area contributed by atoms with Crippen LogP contribution >= 0.6 is 22.6 Å². The zero-order valence-electron chi connectivity index (χ0n) is 10.9. The van der Waals surface area contributed by atoms with E-state index in [0.29, 0.717) is 5.92 Å². The van der Waals surface area contributed by atoms with E-state index in [1.54, 1.807) is 0 Å². The summed E-state index contributed by atoms with van der Waals surface area (Å²) in [7, 11) is 0. The van der Waals surface area contributed by atoms with Gasteiger partial charge in [0.15, 0.2) is 0 Å². The van der Waals surface area contributed by atoms with Crippen LogP contribution in [0.4, 0.5) is 0 Å². The Bertz CT molecular complexity index is 562. The minimum atomic E-state index is 0.226. The van der Waals surface area contributed by atoms with Crippen molar-refractivity contribution in [2.24, 2.45) is 5.73 Å². The zero-order valence-corrected chi connectivity index (χ0v) is 13.0. The summed E-state index contributed by atoms with van der Waals surface area (Å²) in [6, 6.07) is 17.7.